The van der Waals surface area contributed by atoms with Crippen molar-refractivity contribution >= 4 is 11.9 Å². The fraction of sp³-hybridized carbons (Fsp3) is 0.467. The summed E-state index contributed by atoms with van der Waals surface area (Å²) in [5.41, 5.74) is 1.33. The lowest BCUT2D eigenvalue weighted by molar-refractivity contribution is -0.131. The number of benzene rings is 1. The molecule has 0 aliphatic carbocycles. The lowest BCUT2D eigenvalue weighted by Gasteiger charge is -2.20. The third-order valence-electron chi connectivity index (χ3n) is 3.50. The summed E-state index contributed by atoms with van der Waals surface area (Å²) >= 11 is 0. The zero-order chi connectivity index (χ0) is 14.4. The zero-order valence-corrected chi connectivity index (χ0v) is 11.8. The molecular weight excluding hydrogens is 254 g/mol. The van der Waals surface area contributed by atoms with Crippen molar-refractivity contribution in [3.8, 4) is 0 Å². The highest BCUT2D eigenvalue weighted by Gasteiger charge is 2.28. The number of carbonyl (C=O) groups is 2. The van der Waals surface area contributed by atoms with Gasteiger partial charge in [0.1, 0.15) is 6.04 Å². The van der Waals surface area contributed by atoms with Gasteiger partial charge in [-0.1, -0.05) is 30.3 Å². The van der Waals surface area contributed by atoms with Crippen LogP contribution in [0.1, 0.15) is 18.4 Å². The standard InChI is InChI=1S/C15H21N3O2/c1-18(14(19)13-11-16-15(20)17-13)10-6-5-9-12-7-3-2-4-8-12/h2-4,7-8,13H,5-6,9-11H2,1H3,(H2,16,17,20)/t13-/m1/s1. The Kier molecular flexibility index (Phi) is 4.98. The van der Waals surface area contributed by atoms with E-state index in [2.05, 4.69) is 22.8 Å². The Bertz CT molecular complexity index is 461. The van der Waals surface area contributed by atoms with Gasteiger partial charge in [0.05, 0.1) is 0 Å². The van der Waals surface area contributed by atoms with E-state index in [0.717, 1.165) is 25.8 Å². The van der Waals surface area contributed by atoms with E-state index in [4.69, 9.17) is 0 Å². The van der Waals surface area contributed by atoms with Crippen molar-refractivity contribution in [3.05, 3.63) is 35.9 Å². The molecule has 0 aromatic heterocycles. The van der Waals surface area contributed by atoms with Crippen molar-refractivity contribution in [2.45, 2.75) is 25.3 Å². The first kappa shape index (κ1) is 14.4. The average Bonchev–Trinajstić information content (AvgIpc) is 2.90. The number of rotatable bonds is 6. The molecule has 20 heavy (non-hydrogen) atoms. The van der Waals surface area contributed by atoms with Crippen molar-refractivity contribution in [1.82, 2.24) is 15.5 Å². The van der Waals surface area contributed by atoms with Crippen LogP contribution in [0, 0.1) is 0 Å². The lowest BCUT2D eigenvalue weighted by Crippen LogP contribution is -2.44. The molecule has 5 heteroatoms. The van der Waals surface area contributed by atoms with Crippen LogP contribution in [-0.4, -0.2) is 43.0 Å². The van der Waals surface area contributed by atoms with Crippen molar-refractivity contribution in [2.75, 3.05) is 20.1 Å². The van der Waals surface area contributed by atoms with Gasteiger partial charge in [0.2, 0.25) is 5.91 Å². The summed E-state index contributed by atoms with van der Waals surface area (Å²) in [5.74, 6) is -0.0249. The fourth-order valence-corrected chi connectivity index (χ4v) is 2.30. The first-order chi connectivity index (χ1) is 9.66. The first-order valence-corrected chi connectivity index (χ1v) is 7.00. The minimum atomic E-state index is -0.415. The molecule has 1 aliphatic heterocycles. The topological polar surface area (TPSA) is 61.4 Å². The number of nitrogens with one attached hydrogen (secondary N) is 2. The number of amides is 3. The average molecular weight is 275 g/mol. The van der Waals surface area contributed by atoms with Gasteiger partial charge in [-0.25, -0.2) is 4.79 Å². The normalized spacial score (nSPS) is 17.4. The van der Waals surface area contributed by atoms with Crippen molar-refractivity contribution < 1.29 is 9.59 Å². The summed E-state index contributed by atoms with van der Waals surface area (Å²) in [6.45, 7) is 1.10. The predicted molar refractivity (Wildman–Crippen MR) is 77.3 cm³/mol. The van der Waals surface area contributed by atoms with Crippen LogP contribution in [-0.2, 0) is 11.2 Å². The van der Waals surface area contributed by atoms with E-state index in [1.165, 1.54) is 5.56 Å². The molecule has 0 radical (unpaired) electrons. The Morgan fingerprint density at radius 2 is 2.05 bits per heavy atom. The molecule has 108 valence electrons. The third-order valence-corrected chi connectivity index (χ3v) is 3.50. The minimum absolute atomic E-state index is 0.0249. The molecule has 0 bridgehead atoms. The van der Waals surface area contributed by atoms with Crippen LogP contribution in [0.5, 0.6) is 0 Å². The number of hydrogen-bond donors (Lipinski definition) is 2. The molecule has 0 spiro atoms. The second-order valence-corrected chi connectivity index (χ2v) is 5.11. The van der Waals surface area contributed by atoms with E-state index in [9.17, 15) is 9.59 Å². The van der Waals surface area contributed by atoms with E-state index in [0.29, 0.717) is 6.54 Å². The smallest absolute Gasteiger partial charge is 0.315 e. The SMILES string of the molecule is CN(CCCCc1ccccc1)C(=O)[C@H]1CNC(=O)N1. The quantitative estimate of drug-likeness (QED) is 0.765. The highest BCUT2D eigenvalue weighted by Crippen LogP contribution is 2.06. The minimum Gasteiger partial charge on any atom is -0.344 e. The molecule has 0 unspecified atom stereocenters. The largest absolute Gasteiger partial charge is 0.344 e. The molecule has 0 saturated carbocycles. The molecule has 1 fully saturated rings. The monoisotopic (exact) mass is 275 g/mol. The van der Waals surface area contributed by atoms with Gasteiger partial charge in [-0.15, -0.1) is 0 Å². The van der Waals surface area contributed by atoms with Crippen LogP contribution in [0.15, 0.2) is 30.3 Å². The van der Waals surface area contributed by atoms with Crippen molar-refractivity contribution in [2.24, 2.45) is 0 Å². The lowest BCUT2D eigenvalue weighted by atomic mass is 10.1. The summed E-state index contributed by atoms with van der Waals surface area (Å²) in [6, 6.07) is 9.66. The summed E-state index contributed by atoms with van der Waals surface area (Å²) in [6.07, 6.45) is 3.05. The Morgan fingerprint density at radius 3 is 2.70 bits per heavy atom. The number of unbranched alkanes of at least 4 members (excludes halogenated alkanes) is 1. The molecule has 1 saturated heterocycles. The maximum atomic E-state index is 12.0. The summed E-state index contributed by atoms with van der Waals surface area (Å²) in [4.78, 5) is 24.7. The van der Waals surface area contributed by atoms with Gasteiger partial charge in [-0.05, 0) is 24.8 Å². The second-order valence-electron chi connectivity index (χ2n) is 5.11. The number of hydrogen-bond acceptors (Lipinski definition) is 2. The maximum Gasteiger partial charge on any atom is 0.315 e. The molecule has 2 N–H and O–H groups in total. The molecule has 1 atom stereocenters. The van der Waals surface area contributed by atoms with Crippen molar-refractivity contribution in [1.29, 1.82) is 0 Å². The summed E-state index contributed by atoms with van der Waals surface area (Å²) in [5, 5.41) is 5.21. The second kappa shape index (κ2) is 6.93. The zero-order valence-electron chi connectivity index (χ0n) is 11.8. The summed E-state index contributed by atoms with van der Waals surface area (Å²) in [7, 11) is 1.79. The van der Waals surface area contributed by atoms with Gasteiger partial charge in [-0.2, -0.15) is 0 Å². The molecule has 1 heterocycles. The van der Waals surface area contributed by atoms with E-state index >= 15 is 0 Å². The van der Waals surface area contributed by atoms with Gasteiger partial charge in [0.25, 0.3) is 0 Å². The van der Waals surface area contributed by atoms with E-state index in [1.807, 2.05) is 18.2 Å². The Labute approximate surface area is 119 Å². The molecular formula is C15H21N3O2. The molecule has 1 aliphatic rings. The van der Waals surface area contributed by atoms with Crippen LogP contribution in [0.4, 0.5) is 4.79 Å². The van der Waals surface area contributed by atoms with E-state index < -0.39 is 6.04 Å². The fourth-order valence-electron chi connectivity index (χ4n) is 2.30. The van der Waals surface area contributed by atoms with Crippen LogP contribution < -0.4 is 10.6 Å². The number of likely N-dealkylation sites (N-methyl/N-ethyl adjacent to an activating group) is 1. The number of urea groups is 1. The Balaban J connectivity index is 1.66. The summed E-state index contributed by atoms with van der Waals surface area (Å²) < 4.78 is 0. The van der Waals surface area contributed by atoms with E-state index in [-0.39, 0.29) is 11.9 Å². The molecule has 5 nitrogen and oxygen atoms in total. The third kappa shape index (κ3) is 3.98. The first-order valence-electron chi connectivity index (χ1n) is 7.00. The molecule has 1 aromatic carbocycles. The van der Waals surface area contributed by atoms with Crippen LogP contribution in [0.25, 0.3) is 0 Å². The molecule has 1 aromatic rings. The van der Waals surface area contributed by atoms with Gasteiger partial charge < -0.3 is 15.5 Å². The van der Waals surface area contributed by atoms with Gasteiger partial charge >= 0.3 is 6.03 Å². The van der Waals surface area contributed by atoms with Crippen LogP contribution in [0.3, 0.4) is 0 Å². The Morgan fingerprint density at radius 1 is 1.30 bits per heavy atom. The highest BCUT2D eigenvalue weighted by molar-refractivity contribution is 5.90. The van der Waals surface area contributed by atoms with Crippen molar-refractivity contribution in [3.63, 3.8) is 0 Å². The Hall–Kier alpha value is -2.04. The number of aryl methyl sites for hydroxylation is 1. The maximum absolute atomic E-state index is 12.0. The van der Waals surface area contributed by atoms with Gasteiger partial charge in [0, 0.05) is 20.1 Å². The number of nitrogens with zero attached hydrogens (tertiary/aromatic N) is 1. The van der Waals surface area contributed by atoms with Crippen LogP contribution >= 0.6 is 0 Å². The molecule has 2 rings (SSSR count). The molecule has 3 amide bonds. The van der Waals surface area contributed by atoms with Crippen LogP contribution in [0.2, 0.25) is 0 Å². The predicted octanol–water partition coefficient (Wildman–Crippen LogP) is 1.15. The van der Waals surface area contributed by atoms with Gasteiger partial charge in [0.15, 0.2) is 0 Å². The highest BCUT2D eigenvalue weighted by atomic mass is 16.2. The van der Waals surface area contributed by atoms with Gasteiger partial charge in [-0.3, -0.25) is 4.79 Å². The van der Waals surface area contributed by atoms with E-state index in [1.54, 1.807) is 11.9 Å². The number of carbonyl (C=O) groups excluding carboxylic acids is 2.